The zero-order chi connectivity index (χ0) is 16.6. The van der Waals surface area contributed by atoms with E-state index in [2.05, 4.69) is 4.72 Å². The molecular weight excluding hydrogens is 304 g/mol. The van der Waals surface area contributed by atoms with Crippen molar-refractivity contribution in [3.05, 3.63) is 0 Å². The number of rotatable bonds is 3. The summed E-state index contributed by atoms with van der Waals surface area (Å²) in [4.78, 5) is 13.8. The van der Waals surface area contributed by atoms with Gasteiger partial charge in [-0.2, -0.15) is 0 Å². The van der Waals surface area contributed by atoms with Gasteiger partial charge in [-0.1, -0.05) is 0 Å². The van der Waals surface area contributed by atoms with Gasteiger partial charge in [0.1, 0.15) is 5.60 Å². The molecule has 0 bridgehead atoms. The van der Waals surface area contributed by atoms with Crippen molar-refractivity contribution in [3.8, 4) is 0 Å². The van der Waals surface area contributed by atoms with Crippen LogP contribution in [-0.4, -0.2) is 49.9 Å². The molecule has 7 heteroatoms. The molecule has 2 rings (SSSR count). The van der Waals surface area contributed by atoms with E-state index in [9.17, 15) is 13.2 Å². The Kier molecular flexibility index (Phi) is 4.78. The Hall–Kier alpha value is -0.820. The van der Waals surface area contributed by atoms with Gasteiger partial charge in [-0.05, 0) is 58.8 Å². The van der Waals surface area contributed by atoms with Crippen LogP contribution in [0.2, 0.25) is 0 Å². The lowest BCUT2D eigenvalue weighted by molar-refractivity contribution is -0.0129. The van der Waals surface area contributed by atoms with Crippen LogP contribution in [0.5, 0.6) is 0 Å². The first-order valence-electron chi connectivity index (χ1n) is 8.02. The smallest absolute Gasteiger partial charge is 0.410 e. The Morgan fingerprint density at radius 3 is 2.27 bits per heavy atom. The zero-order valence-corrected chi connectivity index (χ0v) is 14.8. The Balaban J connectivity index is 1.78. The maximum absolute atomic E-state index is 12.0. The molecule has 1 aliphatic heterocycles. The third-order valence-corrected chi connectivity index (χ3v) is 6.01. The lowest BCUT2D eigenvalue weighted by Gasteiger charge is -2.52. The minimum absolute atomic E-state index is 0.0676. The molecule has 0 aromatic rings. The monoisotopic (exact) mass is 332 g/mol. The number of hydrogen-bond donors (Lipinski definition) is 1. The van der Waals surface area contributed by atoms with Gasteiger partial charge < -0.3 is 9.64 Å². The van der Waals surface area contributed by atoms with Gasteiger partial charge in [-0.3, -0.25) is 0 Å². The lowest BCUT2D eigenvalue weighted by atomic mass is 9.61. The van der Waals surface area contributed by atoms with E-state index in [-0.39, 0.29) is 23.3 Å². The number of nitrogens with zero attached hydrogens (tertiary/aromatic N) is 1. The number of nitrogens with one attached hydrogen (secondary N) is 1. The van der Waals surface area contributed by atoms with Gasteiger partial charge in [0.15, 0.2) is 0 Å². The van der Waals surface area contributed by atoms with Gasteiger partial charge in [0, 0.05) is 19.1 Å². The third-order valence-electron chi connectivity index (χ3n) is 4.56. The van der Waals surface area contributed by atoms with E-state index < -0.39 is 15.6 Å². The van der Waals surface area contributed by atoms with E-state index in [1.807, 2.05) is 20.8 Å². The number of hydrogen-bond acceptors (Lipinski definition) is 4. The molecule has 0 radical (unpaired) electrons. The van der Waals surface area contributed by atoms with Gasteiger partial charge in [-0.15, -0.1) is 0 Å². The van der Waals surface area contributed by atoms with Crippen LogP contribution in [0.4, 0.5) is 4.79 Å². The van der Waals surface area contributed by atoms with E-state index in [0.29, 0.717) is 13.1 Å². The summed E-state index contributed by atoms with van der Waals surface area (Å²) < 4.78 is 31.3. The molecule has 2 fully saturated rings. The number of likely N-dealkylation sites (tertiary alicyclic amines) is 1. The average molecular weight is 332 g/mol. The van der Waals surface area contributed by atoms with E-state index >= 15 is 0 Å². The maximum Gasteiger partial charge on any atom is 0.410 e. The summed E-state index contributed by atoms with van der Waals surface area (Å²) in [7, 11) is -3.11. The second-order valence-electron chi connectivity index (χ2n) is 7.59. The second-order valence-corrected chi connectivity index (χ2v) is 9.64. The highest BCUT2D eigenvalue weighted by molar-refractivity contribution is 7.89. The number of ether oxygens (including phenoxy) is 1. The predicted octanol–water partition coefficient (Wildman–Crippen LogP) is 2.11. The van der Waals surface area contributed by atoms with E-state index in [1.165, 1.54) is 0 Å². The number of carbonyl (C=O) groups excluding carboxylic acids is 1. The summed E-state index contributed by atoms with van der Waals surface area (Å²) in [6.07, 6.45) is 3.38. The Bertz CT molecular complexity index is 508. The Morgan fingerprint density at radius 2 is 1.82 bits per heavy atom. The Labute approximate surface area is 133 Å². The number of carbonyl (C=O) groups is 1. The largest absolute Gasteiger partial charge is 0.444 e. The van der Waals surface area contributed by atoms with Gasteiger partial charge >= 0.3 is 6.09 Å². The van der Waals surface area contributed by atoms with Gasteiger partial charge in [0.25, 0.3) is 0 Å². The predicted molar refractivity (Wildman–Crippen MR) is 85.1 cm³/mol. The summed E-state index contributed by atoms with van der Waals surface area (Å²) in [6.45, 7) is 8.65. The number of piperidine rings is 1. The molecule has 1 saturated carbocycles. The first-order valence-corrected chi connectivity index (χ1v) is 9.67. The fraction of sp³-hybridized carbons (Fsp3) is 0.933. The van der Waals surface area contributed by atoms with Gasteiger partial charge in [-0.25, -0.2) is 17.9 Å². The fourth-order valence-electron chi connectivity index (χ4n) is 3.30. The Morgan fingerprint density at radius 1 is 1.27 bits per heavy atom. The second kappa shape index (κ2) is 6.00. The summed E-state index contributed by atoms with van der Waals surface area (Å²) in [5, 5.41) is 0. The molecule has 1 amide bonds. The zero-order valence-electron chi connectivity index (χ0n) is 14.0. The molecule has 1 N–H and O–H groups in total. The van der Waals surface area contributed by atoms with Crippen LogP contribution in [0.15, 0.2) is 0 Å². The third kappa shape index (κ3) is 4.35. The van der Waals surface area contributed by atoms with Crippen molar-refractivity contribution in [1.29, 1.82) is 0 Å². The van der Waals surface area contributed by atoms with Crippen molar-refractivity contribution in [3.63, 3.8) is 0 Å². The molecule has 1 saturated heterocycles. The molecular formula is C15H28N2O4S. The van der Waals surface area contributed by atoms with Crippen molar-refractivity contribution in [2.75, 3.05) is 18.8 Å². The lowest BCUT2D eigenvalue weighted by Crippen LogP contribution is -2.55. The topological polar surface area (TPSA) is 75.7 Å². The molecule has 0 unspecified atom stereocenters. The minimum atomic E-state index is -3.11. The first-order chi connectivity index (χ1) is 10.0. The van der Waals surface area contributed by atoms with Crippen LogP contribution in [0.1, 0.15) is 53.4 Å². The molecule has 128 valence electrons. The number of sulfonamides is 1. The molecule has 6 nitrogen and oxygen atoms in total. The quantitative estimate of drug-likeness (QED) is 0.859. The molecule has 1 spiro atoms. The molecule has 1 aliphatic carbocycles. The van der Waals surface area contributed by atoms with E-state index in [1.54, 1.807) is 11.8 Å². The van der Waals surface area contributed by atoms with Crippen molar-refractivity contribution in [1.82, 2.24) is 9.62 Å². The maximum atomic E-state index is 12.0. The summed E-state index contributed by atoms with van der Waals surface area (Å²) in [5.74, 6) is 0.128. The highest BCUT2D eigenvalue weighted by Gasteiger charge is 2.47. The number of amides is 1. The summed E-state index contributed by atoms with van der Waals surface area (Å²) >= 11 is 0. The highest BCUT2D eigenvalue weighted by Crippen LogP contribution is 2.49. The minimum Gasteiger partial charge on any atom is -0.444 e. The van der Waals surface area contributed by atoms with Crippen LogP contribution in [-0.2, 0) is 14.8 Å². The molecule has 0 aromatic heterocycles. The van der Waals surface area contributed by atoms with Crippen LogP contribution in [0.25, 0.3) is 0 Å². The summed E-state index contributed by atoms with van der Waals surface area (Å²) in [5.41, 5.74) is -0.258. The van der Waals surface area contributed by atoms with Crippen molar-refractivity contribution >= 4 is 16.1 Å². The fourth-order valence-corrected chi connectivity index (χ4v) is 4.15. The van der Waals surface area contributed by atoms with E-state index in [0.717, 1.165) is 25.7 Å². The average Bonchev–Trinajstić information content (AvgIpc) is 2.35. The van der Waals surface area contributed by atoms with Gasteiger partial charge in [0.2, 0.25) is 10.0 Å². The molecule has 2 aliphatic rings. The van der Waals surface area contributed by atoms with Crippen molar-refractivity contribution in [2.45, 2.75) is 65.0 Å². The van der Waals surface area contributed by atoms with Crippen LogP contribution in [0.3, 0.4) is 0 Å². The molecule has 22 heavy (non-hydrogen) atoms. The normalized spacial score (nSPS) is 22.5. The first kappa shape index (κ1) is 17.5. The van der Waals surface area contributed by atoms with Crippen LogP contribution >= 0.6 is 0 Å². The molecule has 1 heterocycles. The van der Waals surface area contributed by atoms with Gasteiger partial charge in [0.05, 0.1) is 5.75 Å². The van der Waals surface area contributed by atoms with E-state index in [4.69, 9.17) is 4.74 Å². The SMILES string of the molecule is CCS(=O)(=O)NC1CC2(CCN(C(=O)OC(C)(C)C)CC2)C1. The van der Waals surface area contributed by atoms with Crippen LogP contribution < -0.4 is 4.72 Å². The molecule has 0 aromatic carbocycles. The van der Waals surface area contributed by atoms with Crippen LogP contribution in [0, 0.1) is 5.41 Å². The molecule has 0 atom stereocenters. The summed E-state index contributed by atoms with van der Waals surface area (Å²) in [6, 6.07) is 0.0676. The standard InChI is InChI=1S/C15H28N2O4S/c1-5-22(19,20)16-12-10-15(11-12)6-8-17(9-7-15)13(18)21-14(2,3)4/h12,16H,5-11H2,1-4H3. The van der Waals surface area contributed by atoms with Crippen molar-refractivity contribution in [2.24, 2.45) is 5.41 Å². The van der Waals surface area contributed by atoms with Crippen molar-refractivity contribution < 1.29 is 17.9 Å². The highest BCUT2D eigenvalue weighted by atomic mass is 32.2.